The van der Waals surface area contributed by atoms with Gasteiger partial charge in [0.2, 0.25) is 5.91 Å². The summed E-state index contributed by atoms with van der Waals surface area (Å²) in [5.74, 6) is 1.03. The molecule has 1 heterocycles. The number of rotatable bonds is 7. The van der Waals surface area contributed by atoms with Gasteiger partial charge in [-0.25, -0.2) is 4.98 Å². The molecule has 118 valence electrons. The molecule has 2 rings (SSSR count). The van der Waals surface area contributed by atoms with E-state index in [-0.39, 0.29) is 11.8 Å². The lowest BCUT2D eigenvalue weighted by Crippen LogP contribution is -2.30. The largest absolute Gasteiger partial charge is 0.497 e. The summed E-state index contributed by atoms with van der Waals surface area (Å²) in [7, 11) is 1.66. The monoisotopic (exact) mass is 318 g/mol. The summed E-state index contributed by atoms with van der Waals surface area (Å²) in [5, 5.41) is 6.04. The Bertz CT molecular complexity index is 607. The molecule has 1 amide bonds. The Morgan fingerprint density at radius 2 is 2.09 bits per heavy atom. The maximum absolute atomic E-state index is 11.7. The molecule has 4 nitrogen and oxygen atoms in total. The van der Waals surface area contributed by atoms with Crippen molar-refractivity contribution >= 4 is 17.2 Å². The minimum atomic E-state index is 0.0751. The molecule has 0 aliphatic rings. The van der Waals surface area contributed by atoms with E-state index in [1.165, 1.54) is 0 Å². The molecule has 5 heteroatoms. The van der Waals surface area contributed by atoms with Crippen molar-refractivity contribution in [2.24, 2.45) is 5.92 Å². The van der Waals surface area contributed by atoms with Gasteiger partial charge in [0.25, 0.3) is 0 Å². The number of aromatic nitrogens is 1. The summed E-state index contributed by atoms with van der Waals surface area (Å²) in [6.45, 7) is 4.60. The normalized spacial score (nSPS) is 12.0. The van der Waals surface area contributed by atoms with Crippen molar-refractivity contribution < 1.29 is 9.53 Å². The Morgan fingerprint density at radius 1 is 1.36 bits per heavy atom. The maximum atomic E-state index is 11.7. The summed E-state index contributed by atoms with van der Waals surface area (Å²) < 4.78 is 5.16. The summed E-state index contributed by atoms with van der Waals surface area (Å²) >= 11 is 1.63. The quantitative estimate of drug-likeness (QED) is 0.850. The molecule has 0 bridgehead atoms. The SMILES string of the molecule is CC[C@H](C)C(=O)NCCc1nc(-c2ccc(OC)cc2)cs1. The van der Waals surface area contributed by atoms with Crippen molar-refractivity contribution in [1.29, 1.82) is 0 Å². The van der Waals surface area contributed by atoms with Gasteiger partial charge in [-0.3, -0.25) is 4.79 Å². The number of ether oxygens (including phenoxy) is 1. The molecule has 1 atom stereocenters. The van der Waals surface area contributed by atoms with E-state index >= 15 is 0 Å². The molecular weight excluding hydrogens is 296 g/mol. The third-order valence-corrected chi connectivity index (χ3v) is 4.54. The number of nitrogens with one attached hydrogen (secondary N) is 1. The number of hydrogen-bond acceptors (Lipinski definition) is 4. The average Bonchev–Trinajstić information content (AvgIpc) is 3.02. The van der Waals surface area contributed by atoms with E-state index in [9.17, 15) is 4.79 Å². The molecular formula is C17H22N2O2S. The van der Waals surface area contributed by atoms with E-state index in [4.69, 9.17) is 4.74 Å². The van der Waals surface area contributed by atoms with Gasteiger partial charge in [0.15, 0.2) is 0 Å². The van der Waals surface area contributed by atoms with Crippen LogP contribution >= 0.6 is 11.3 Å². The summed E-state index contributed by atoms with van der Waals surface area (Å²) in [6, 6.07) is 7.87. The van der Waals surface area contributed by atoms with Gasteiger partial charge in [-0.1, -0.05) is 13.8 Å². The highest BCUT2D eigenvalue weighted by molar-refractivity contribution is 7.09. The Hall–Kier alpha value is -1.88. The molecule has 2 aromatic rings. The van der Waals surface area contributed by atoms with Crippen LogP contribution in [0.25, 0.3) is 11.3 Å². The first-order valence-electron chi connectivity index (χ1n) is 7.50. The van der Waals surface area contributed by atoms with Gasteiger partial charge in [0.05, 0.1) is 17.8 Å². The minimum Gasteiger partial charge on any atom is -0.497 e. The van der Waals surface area contributed by atoms with Crippen LogP contribution in [0.5, 0.6) is 5.75 Å². The smallest absolute Gasteiger partial charge is 0.222 e. The Morgan fingerprint density at radius 3 is 2.73 bits per heavy atom. The third-order valence-electron chi connectivity index (χ3n) is 3.64. The van der Waals surface area contributed by atoms with Crippen LogP contribution in [0, 0.1) is 5.92 Å². The third kappa shape index (κ3) is 4.31. The molecule has 1 N–H and O–H groups in total. The first-order valence-corrected chi connectivity index (χ1v) is 8.38. The number of hydrogen-bond donors (Lipinski definition) is 1. The molecule has 0 fully saturated rings. The zero-order chi connectivity index (χ0) is 15.9. The zero-order valence-corrected chi connectivity index (χ0v) is 14.1. The molecule has 0 radical (unpaired) electrons. The highest BCUT2D eigenvalue weighted by atomic mass is 32.1. The van der Waals surface area contributed by atoms with E-state index in [0.29, 0.717) is 6.54 Å². The summed E-state index contributed by atoms with van der Waals surface area (Å²) in [4.78, 5) is 16.3. The first kappa shape index (κ1) is 16.5. The maximum Gasteiger partial charge on any atom is 0.222 e. The van der Waals surface area contributed by atoms with E-state index in [1.807, 2.05) is 43.5 Å². The Balaban J connectivity index is 1.89. The van der Waals surface area contributed by atoms with E-state index in [1.54, 1.807) is 18.4 Å². The van der Waals surface area contributed by atoms with E-state index in [0.717, 1.165) is 34.9 Å². The summed E-state index contributed by atoms with van der Waals surface area (Å²) in [5.41, 5.74) is 2.04. The predicted molar refractivity (Wildman–Crippen MR) is 90.3 cm³/mol. The minimum absolute atomic E-state index is 0.0751. The fraction of sp³-hybridized carbons (Fsp3) is 0.412. The van der Waals surface area contributed by atoms with E-state index in [2.05, 4.69) is 10.3 Å². The average molecular weight is 318 g/mol. The van der Waals surface area contributed by atoms with Crippen molar-refractivity contribution in [2.75, 3.05) is 13.7 Å². The first-order chi connectivity index (χ1) is 10.6. The van der Waals surface area contributed by atoms with Crippen LogP contribution in [0.15, 0.2) is 29.6 Å². The Labute approximate surface area is 135 Å². The van der Waals surface area contributed by atoms with Crippen LogP contribution in [0.1, 0.15) is 25.3 Å². The number of carbonyl (C=O) groups excluding carboxylic acids is 1. The lowest BCUT2D eigenvalue weighted by atomic mass is 10.1. The van der Waals surface area contributed by atoms with Crippen LogP contribution in [-0.4, -0.2) is 24.5 Å². The lowest BCUT2D eigenvalue weighted by Gasteiger charge is -2.08. The Kier molecular flexibility index (Phi) is 5.95. The second-order valence-corrected chi connectivity index (χ2v) is 6.15. The predicted octanol–water partition coefficient (Wildman–Crippen LogP) is 3.52. The fourth-order valence-corrected chi connectivity index (χ4v) is 2.78. The van der Waals surface area contributed by atoms with Crippen LogP contribution in [0.2, 0.25) is 0 Å². The van der Waals surface area contributed by atoms with Gasteiger partial charge in [0, 0.05) is 29.8 Å². The van der Waals surface area contributed by atoms with Crippen molar-refractivity contribution in [3.63, 3.8) is 0 Å². The number of amides is 1. The van der Waals surface area contributed by atoms with Crippen LogP contribution in [-0.2, 0) is 11.2 Å². The van der Waals surface area contributed by atoms with Crippen molar-refractivity contribution in [3.8, 4) is 17.0 Å². The zero-order valence-electron chi connectivity index (χ0n) is 13.3. The second-order valence-electron chi connectivity index (χ2n) is 5.21. The lowest BCUT2D eigenvalue weighted by molar-refractivity contribution is -0.124. The molecule has 1 aromatic heterocycles. The second kappa shape index (κ2) is 7.94. The van der Waals surface area contributed by atoms with Crippen LogP contribution < -0.4 is 10.1 Å². The van der Waals surface area contributed by atoms with Gasteiger partial charge in [-0.2, -0.15) is 0 Å². The highest BCUT2D eigenvalue weighted by Gasteiger charge is 2.10. The van der Waals surface area contributed by atoms with Gasteiger partial charge in [-0.15, -0.1) is 11.3 Å². The number of methoxy groups -OCH3 is 1. The molecule has 22 heavy (non-hydrogen) atoms. The highest BCUT2D eigenvalue weighted by Crippen LogP contribution is 2.24. The molecule has 0 spiro atoms. The molecule has 0 unspecified atom stereocenters. The van der Waals surface area contributed by atoms with Gasteiger partial charge in [0.1, 0.15) is 5.75 Å². The summed E-state index contributed by atoms with van der Waals surface area (Å²) in [6.07, 6.45) is 1.63. The molecule has 0 aliphatic heterocycles. The van der Waals surface area contributed by atoms with Gasteiger partial charge < -0.3 is 10.1 Å². The van der Waals surface area contributed by atoms with Crippen molar-refractivity contribution in [1.82, 2.24) is 10.3 Å². The molecule has 1 aromatic carbocycles. The number of benzene rings is 1. The molecule has 0 saturated heterocycles. The van der Waals surface area contributed by atoms with Crippen LogP contribution in [0.4, 0.5) is 0 Å². The number of nitrogens with zero attached hydrogens (tertiary/aromatic N) is 1. The van der Waals surface area contributed by atoms with Gasteiger partial charge in [-0.05, 0) is 30.7 Å². The van der Waals surface area contributed by atoms with Crippen molar-refractivity contribution in [2.45, 2.75) is 26.7 Å². The van der Waals surface area contributed by atoms with Gasteiger partial charge >= 0.3 is 0 Å². The molecule has 0 saturated carbocycles. The standard InChI is InChI=1S/C17H22N2O2S/c1-4-12(2)17(20)18-10-9-16-19-15(11-22-16)13-5-7-14(21-3)8-6-13/h5-8,11-12H,4,9-10H2,1-3H3,(H,18,20)/t12-/m0/s1. The van der Waals surface area contributed by atoms with Crippen molar-refractivity contribution in [3.05, 3.63) is 34.7 Å². The number of carbonyl (C=O) groups is 1. The topological polar surface area (TPSA) is 51.2 Å². The molecule has 0 aliphatic carbocycles. The van der Waals surface area contributed by atoms with E-state index < -0.39 is 0 Å². The number of thiazole rings is 1. The van der Waals surface area contributed by atoms with Crippen LogP contribution in [0.3, 0.4) is 0 Å². The fourth-order valence-electron chi connectivity index (χ4n) is 1.97.